The van der Waals surface area contributed by atoms with Gasteiger partial charge in [0.2, 0.25) is 0 Å². The van der Waals surface area contributed by atoms with Crippen LogP contribution in [0.3, 0.4) is 0 Å². The zero-order valence-electron chi connectivity index (χ0n) is 10.5. The molecule has 0 N–H and O–H groups in total. The quantitative estimate of drug-likeness (QED) is 0.633. The molecule has 1 aromatic carbocycles. The fraction of sp³-hybridized carbons (Fsp3) is 0.0625. The predicted octanol–water partition coefficient (Wildman–Crippen LogP) is 2.50. The first kappa shape index (κ1) is 11.1. The van der Waals surface area contributed by atoms with E-state index < -0.39 is 5.92 Å². The lowest BCUT2D eigenvalue weighted by atomic mass is 9.95. The largest absolute Gasteiger partial charge is 0.307 e. The molecular formula is C16H10N2O2. The Morgan fingerprint density at radius 3 is 2.35 bits per heavy atom. The van der Waals surface area contributed by atoms with Crippen molar-refractivity contribution in [1.82, 2.24) is 9.38 Å². The van der Waals surface area contributed by atoms with Crippen LogP contribution in [0.4, 0.5) is 0 Å². The first-order valence-electron chi connectivity index (χ1n) is 6.36. The molecule has 4 nitrogen and oxygen atoms in total. The lowest BCUT2D eigenvalue weighted by molar-refractivity contribution is 0.0890. The Morgan fingerprint density at radius 2 is 1.65 bits per heavy atom. The molecule has 2 heterocycles. The highest BCUT2D eigenvalue weighted by atomic mass is 16.2. The molecule has 4 heteroatoms. The molecule has 0 bridgehead atoms. The Kier molecular flexibility index (Phi) is 2.15. The number of Topliss-reactive ketones (excluding diaryl/α,β-unsaturated/α-hetero) is 2. The molecule has 1 aliphatic carbocycles. The average molecular weight is 262 g/mol. The highest BCUT2D eigenvalue weighted by molar-refractivity contribution is 6.29. The van der Waals surface area contributed by atoms with E-state index in [0.29, 0.717) is 16.7 Å². The van der Waals surface area contributed by atoms with Crippen molar-refractivity contribution >= 4 is 17.2 Å². The maximum absolute atomic E-state index is 12.4. The van der Waals surface area contributed by atoms with Crippen molar-refractivity contribution in [3.63, 3.8) is 0 Å². The summed E-state index contributed by atoms with van der Waals surface area (Å²) in [6, 6.07) is 10.6. The van der Waals surface area contributed by atoms with Gasteiger partial charge in [-0.1, -0.05) is 24.3 Å². The van der Waals surface area contributed by atoms with E-state index >= 15 is 0 Å². The van der Waals surface area contributed by atoms with Crippen molar-refractivity contribution in [2.75, 3.05) is 0 Å². The van der Waals surface area contributed by atoms with Crippen molar-refractivity contribution in [3.8, 4) is 0 Å². The molecule has 0 unspecified atom stereocenters. The number of rotatable bonds is 1. The van der Waals surface area contributed by atoms with Crippen LogP contribution in [-0.4, -0.2) is 21.0 Å². The van der Waals surface area contributed by atoms with Gasteiger partial charge >= 0.3 is 0 Å². The van der Waals surface area contributed by atoms with Crippen molar-refractivity contribution in [2.24, 2.45) is 0 Å². The van der Waals surface area contributed by atoms with Crippen molar-refractivity contribution in [3.05, 3.63) is 71.7 Å². The minimum absolute atomic E-state index is 0.124. The molecule has 0 spiro atoms. The number of carbonyl (C=O) groups is 2. The molecule has 0 fully saturated rings. The van der Waals surface area contributed by atoms with E-state index in [2.05, 4.69) is 4.98 Å². The summed E-state index contributed by atoms with van der Waals surface area (Å²) in [5, 5.41) is 0. The SMILES string of the molecule is O=C1c2ccccc2C(=O)C1c1ccn2ccnc2c1. The van der Waals surface area contributed by atoms with Gasteiger partial charge < -0.3 is 4.40 Å². The molecule has 0 radical (unpaired) electrons. The summed E-state index contributed by atoms with van der Waals surface area (Å²) >= 11 is 0. The van der Waals surface area contributed by atoms with Crippen molar-refractivity contribution in [1.29, 1.82) is 0 Å². The van der Waals surface area contributed by atoms with E-state index in [4.69, 9.17) is 0 Å². The van der Waals surface area contributed by atoms with Crippen LogP contribution in [0.5, 0.6) is 0 Å². The van der Waals surface area contributed by atoms with Crippen molar-refractivity contribution in [2.45, 2.75) is 5.92 Å². The zero-order valence-corrected chi connectivity index (χ0v) is 10.5. The molecule has 0 atom stereocenters. The smallest absolute Gasteiger partial charge is 0.178 e. The number of fused-ring (bicyclic) bond motifs is 2. The van der Waals surface area contributed by atoms with Gasteiger partial charge in [0.25, 0.3) is 0 Å². The molecule has 0 aliphatic heterocycles. The van der Waals surface area contributed by atoms with Gasteiger partial charge in [0, 0.05) is 29.7 Å². The van der Waals surface area contributed by atoms with Gasteiger partial charge in [-0.05, 0) is 17.7 Å². The van der Waals surface area contributed by atoms with E-state index in [-0.39, 0.29) is 11.6 Å². The average Bonchev–Trinajstić information content (AvgIpc) is 3.03. The number of hydrogen-bond acceptors (Lipinski definition) is 3. The molecule has 0 saturated heterocycles. The number of carbonyl (C=O) groups excluding carboxylic acids is 2. The van der Waals surface area contributed by atoms with Gasteiger partial charge in [-0.3, -0.25) is 9.59 Å². The minimum Gasteiger partial charge on any atom is -0.307 e. The second-order valence-electron chi connectivity index (χ2n) is 4.86. The lowest BCUT2D eigenvalue weighted by Crippen LogP contribution is -2.13. The summed E-state index contributed by atoms with van der Waals surface area (Å²) < 4.78 is 1.85. The zero-order chi connectivity index (χ0) is 13.7. The van der Waals surface area contributed by atoms with Crippen LogP contribution in [0.1, 0.15) is 32.2 Å². The minimum atomic E-state index is -0.728. The van der Waals surface area contributed by atoms with Crippen LogP contribution in [0.2, 0.25) is 0 Å². The number of benzene rings is 1. The van der Waals surface area contributed by atoms with Crippen LogP contribution in [-0.2, 0) is 0 Å². The number of imidazole rings is 1. The summed E-state index contributed by atoms with van der Waals surface area (Å²) in [5.74, 6) is -0.975. The maximum Gasteiger partial charge on any atom is 0.178 e. The van der Waals surface area contributed by atoms with E-state index in [0.717, 1.165) is 5.65 Å². The third kappa shape index (κ3) is 1.39. The van der Waals surface area contributed by atoms with Gasteiger partial charge in [-0.2, -0.15) is 0 Å². The van der Waals surface area contributed by atoms with Crippen molar-refractivity contribution < 1.29 is 9.59 Å². The van der Waals surface area contributed by atoms with E-state index in [1.807, 2.05) is 16.8 Å². The summed E-state index contributed by atoms with van der Waals surface area (Å²) in [7, 11) is 0. The molecule has 3 aromatic rings. The predicted molar refractivity (Wildman–Crippen MR) is 73.0 cm³/mol. The van der Waals surface area contributed by atoms with E-state index in [1.165, 1.54) is 0 Å². The molecule has 1 aliphatic rings. The molecule has 2 aromatic heterocycles. The highest BCUT2D eigenvalue weighted by Gasteiger charge is 2.39. The van der Waals surface area contributed by atoms with Gasteiger partial charge in [0.1, 0.15) is 11.6 Å². The van der Waals surface area contributed by atoms with Crippen LogP contribution in [0.25, 0.3) is 5.65 Å². The molecule has 96 valence electrons. The summed E-state index contributed by atoms with van der Waals surface area (Å²) in [6.45, 7) is 0. The fourth-order valence-corrected chi connectivity index (χ4v) is 2.75. The second kappa shape index (κ2) is 3.87. The van der Waals surface area contributed by atoms with Crippen LogP contribution in [0, 0.1) is 0 Å². The van der Waals surface area contributed by atoms with E-state index in [9.17, 15) is 9.59 Å². The number of pyridine rings is 1. The molecule has 0 saturated carbocycles. The Bertz CT molecular complexity index is 829. The summed E-state index contributed by atoms with van der Waals surface area (Å²) in [5.41, 5.74) is 2.48. The van der Waals surface area contributed by atoms with Gasteiger partial charge in [-0.15, -0.1) is 0 Å². The topological polar surface area (TPSA) is 51.4 Å². The fourth-order valence-electron chi connectivity index (χ4n) is 2.75. The van der Waals surface area contributed by atoms with E-state index in [1.54, 1.807) is 42.6 Å². The normalized spacial score (nSPS) is 15.0. The summed E-state index contributed by atoms with van der Waals surface area (Å²) in [6.07, 6.45) is 5.33. The first-order chi connectivity index (χ1) is 9.75. The third-order valence-electron chi connectivity index (χ3n) is 3.74. The number of aromatic nitrogens is 2. The lowest BCUT2D eigenvalue weighted by Gasteiger charge is -2.07. The monoisotopic (exact) mass is 262 g/mol. The maximum atomic E-state index is 12.4. The Balaban J connectivity index is 1.87. The van der Waals surface area contributed by atoms with Crippen LogP contribution in [0.15, 0.2) is 55.0 Å². The van der Waals surface area contributed by atoms with Crippen LogP contribution < -0.4 is 0 Å². The molecule has 0 amide bonds. The number of nitrogens with zero attached hydrogens (tertiary/aromatic N) is 2. The number of hydrogen-bond donors (Lipinski definition) is 0. The molecule has 4 rings (SSSR count). The molecular weight excluding hydrogens is 252 g/mol. The highest BCUT2D eigenvalue weighted by Crippen LogP contribution is 2.33. The summed E-state index contributed by atoms with van der Waals surface area (Å²) in [4.78, 5) is 29.1. The van der Waals surface area contributed by atoms with Crippen LogP contribution >= 0.6 is 0 Å². The van der Waals surface area contributed by atoms with Gasteiger partial charge in [0.05, 0.1) is 0 Å². The van der Waals surface area contributed by atoms with Gasteiger partial charge in [-0.25, -0.2) is 4.98 Å². The Labute approximate surface area is 114 Å². The standard InChI is InChI=1S/C16H10N2O2/c19-15-11-3-1-2-4-12(11)16(20)14(15)10-5-7-18-8-6-17-13(18)9-10/h1-9,14H. The van der Waals surface area contributed by atoms with Gasteiger partial charge in [0.15, 0.2) is 11.6 Å². The Morgan fingerprint density at radius 1 is 0.950 bits per heavy atom. The molecule has 20 heavy (non-hydrogen) atoms. The third-order valence-corrected chi connectivity index (χ3v) is 3.74. The number of ketones is 2. The Hall–Kier alpha value is -2.75. The first-order valence-corrected chi connectivity index (χ1v) is 6.36. The second-order valence-corrected chi connectivity index (χ2v) is 4.86.